The van der Waals surface area contributed by atoms with Crippen LogP contribution in [0, 0.1) is 13.8 Å². The highest BCUT2D eigenvalue weighted by molar-refractivity contribution is 7.12. The highest BCUT2D eigenvalue weighted by Crippen LogP contribution is 2.38. The summed E-state index contributed by atoms with van der Waals surface area (Å²) in [6.07, 6.45) is 2.65. The Labute approximate surface area is 129 Å². The molecule has 0 amide bonds. The van der Waals surface area contributed by atoms with E-state index in [9.17, 15) is 0 Å². The van der Waals surface area contributed by atoms with Crippen molar-refractivity contribution >= 4 is 22.7 Å². The number of nitrogens with two attached hydrogens (primary N) is 1. The van der Waals surface area contributed by atoms with Crippen LogP contribution < -0.4 is 5.73 Å². The fourth-order valence-electron chi connectivity index (χ4n) is 2.90. The molecule has 2 heterocycles. The number of hydrogen-bond donors (Lipinski definition) is 1. The number of nitrogens with zero attached hydrogens (tertiary/aromatic N) is 1. The minimum atomic E-state index is 0.370. The van der Waals surface area contributed by atoms with Gasteiger partial charge >= 0.3 is 0 Å². The summed E-state index contributed by atoms with van der Waals surface area (Å²) in [5.74, 6) is 0. The molecule has 1 fully saturated rings. The summed E-state index contributed by atoms with van der Waals surface area (Å²) < 4.78 is 0. The van der Waals surface area contributed by atoms with Crippen molar-refractivity contribution in [3.8, 4) is 0 Å². The van der Waals surface area contributed by atoms with Crippen molar-refractivity contribution < 1.29 is 0 Å². The molecule has 0 bridgehead atoms. The van der Waals surface area contributed by atoms with Crippen LogP contribution in [-0.4, -0.2) is 17.5 Å². The van der Waals surface area contributed by atoms with Gasteiger partial charge in [-0.05, 0) is 49.8 Å². The van der Waals surface area contributed by atoms with Gasteiger partial charge in [-0.3, -0.25) is 4.90 Å². The van der Waals surface area contributed by atoms with Gasteiger partial charge in [0.25, 0.3) is 0 Å². The van der Waals surface area contributed by atoms with E-state index in [1.807, 2.05) is 22.7 Å². The van der Waals surface area contributed by atoms with Gasteiger partial charge in [0.05, 0.1) is 0 Å². The zero-order valence-electron chi connectivity index (χ0n) is 12.1. The molecular weight excluding hydrogens is 284 g/mol. The molecule has 1 aliphatic carbocycles. The van der Waals surface area contributed by atoms with E-state index >= 15 is 0 Å². The molecule has 3 rings (SSSR count). The smallest absolute Gasteiger partial charge is 0.0488 e. The molecule has 108 valence electrons. The van der Waals surface area contributed by atoms with Crippen molar-refractivity contribution in [3.05, 3.63) is 43.8 Å². The first-order chi connectivity index (χ1) is 9.69. The predicted octanol–water partition coefficient (Wildman–Crippen LogP) is 4.09. The van der Waals surface area contributed by atoms with E-state index in [1.54, 1.807) is 0 Å². The molecule has 0 saturated heterocycles. The molecule has 0 spiro atoms. The van der Waals surface area contributed by atoms with Crippen LogP contribution in [0.5, 0.6) is 0 Å². The molecule has 4 heteroatoms. The lowest BCUT2D eigenvalue weighted by Gasteiger charge is -2.31. The van der Waals surface area contributed by atoms with Gasteiger partial charge in [-0.1, -0.05) is 6.07 Å². The maximum absolute atomic E-state index is 6.14. The average molecular weight is 307 g/mol. The first-order valence-corrected chi connectivity index (χ1v) is 8.93. The maximum Gasteiger partial charge on any atom is 0.0488 e. The Bertz CT molecular complexity index is 555. The fraction of sp³-hybridized carbons (Fsp3) is 0.500. The van der Waals surface area contributed by atoms with Gasteiger partial charge < -0.3 is 5.73 Å². The fourth-order valence-corrected chi connectivity index (χ4v) is 4.60. The normalized spacial score (nSPS) is 16.8. The van der Waals surface area contributed by atoms with Gasteiger partial charge in [0.2, 0.25) is 0 Å². The lowest BCUT2D eigenvalue weighted by atomic mass is 10.1. The largest absolute Gasteiger partial charge is 0.329 e. The van der Waals surface area contributed by atoms with Gasteiger partial charge in [0, 0.05) is 39.8 Å². The molecule has 0 radical (unpaired) electrons. The third kappa shape index (κ3) is 2.98. The highest BCUT2D eigenvalue weighted by Gasteiger charge is 2.35. The van der Waals surface area contributed by atoms with E-state index < -0.39 is 0 Å². The summed E-state index contributed by atoms with van der Waals surface area (Å²) in [5.41, 5.74) is 7.59. The van der Waals surface area contributed by atoms with Crippen LogP contribution in [0.15, 0.2) is 23.6 Å². The van der Waals surface area contributed by atoms with Gasteiger partial charge in [-0.2, -0.15) is 0 Å². The lowest BCUT2D eigenvalue weighted by molar-refractivity contribution is 0.183. The predicted molar refractivity (Wildman–Crippen MR) is 88.5 cm³/mol. The molecule has 20 heavy (non-hydrogen) atoms. The molecule has 2 nitrogen and oxygen atoms in total. The van der Waals surface area contributed by atoms with E-state index in [0.717, 1.165) is 12.6 Å². The van der Waals surface area contributed by atoms with Crippen LogP contribution >= 0.6 is 22.7 Å². The van der Waals surface area contributed by atoms with Gasteiger partial charge in [-0.15, -0.1) is 22.7 Å². The van der Waals surface area contributed by atoms with Crippen LogP contribution in [0.3, 0.4) is 0 Å². The van der Waals surface area contributed by atoms with Gasteiger partial charge in [-0.25, -0.2) is 0 Å². The van der Waals surface area contributed by atoms with Crippen LogP contribution in [-0.2, 0) is 6.54 Å². The zero-order chi connectivity index (χ0) is 14.1. The van der Waals surface area contributed by atoms with E-state index in [1.165, 1.54) is 33.0 Å². The maximum atomic E-state index is 6.14. The third-order valence-electron chi connectivity index (χ3n) is 4.00. The van der Waals surface area contributed by atoms with E-state index in [4.69, 9.17) is 5.73 Å². The molecule has 0 aromatic carbocycles. The Hall–Kier alpha value is -0.680. The van der Waals surface area contributed by atoms with Crippen LogP contribution in [0.25, 0.3) is 0 Å². The minimum Gasteiger partial charge on any atom is -0.329 e. The summed E-state index contributed by atoms with van der Waals surface area (Å²) in [7, 11) is 0. The highest BCUT2D eigenvalue weighted by atomic mass is 32.1. The Balaban J connectivity index is 1.86. The summed E-state index contributed by atoms with van der Waals surface area (Å²) in [6, 6.07) is 7.81. The summed E-state index contributed by atoms with van der Waals surface area (Å²) >= 11 is 3.74. The Kier molecular flexibility index (Phi) is 4.26. The average Bonchev–Trinajstić information content (AvgIpc) is 3.04. The summed E-state index contributed by atoms with van der Waals surface area (Å²) in [5, 5.41) is 2.16. The molecular formula is C16H22N2S2. The molecule has 2 aromatic heterocycles. The third-order valence-corrected chi connectivity index (χ3v) is 5.84. The van der Waals surface area contributed by atoms with Gasteiger partial charge in [0.1, 0.15) is 0 Å². The second-order valence-electron chi connectivity index (χ2n) is 5.60. The molecule has 1 aliphatic rings. The summed E-state index contributed by atoms with van der Waals surface area (Å²) in [6.45, 7) is 6.17. The Morgan fingerprint density at radius 3 is 2.70 bits per heavy atom. The number of hydrogen-bond acceptors (Lipinski definition) is 4. The van der Waals surface area contributed by atoms with Crippen molar-refractivity contribution in [3.63, 3.8) is 0 Å². The van der Waals surface area contributed by atoms with Crippen molar-refractivity contribution in [2.75, 3.05) is 6.54 Å². The lowest BCUT2D eigenvalue weighted by Crippen LogP contribution is -2.35. The monoisotopic (exact) mass is 306 g/mol. The first kappa shape index (κ1) is 14.3. The molecule has 2 N–H and O–H groups in total. The second kappa shape index (κ2) is 5.98. The number of thiophene rings is 2. The van der Waals surface area contributed by atoms with E-state index in [2.05, 4.69) is 42.3 Å². The van der Waals surface area contributed by atoms with Crippen LogP contribution in [0.4, 0.5) is 0 Å². The van der Waals surface area contributed by atoms with Crippen molar-refractivity contribution in [2.24, 2.45) is 5.73 Å². The van der Waals surface area contributed by atoms with Crippen molar-refractivity contribution in [1.29, 1.82) is 0 Å². The number of aryl methyl sites for hydroxylation is 2. The zero-order valence-corrected chi connectivity index (χ0v) is 13.8. The van der Waals surface area contributed by atoms with Gasteiger partial charge in [0.15, 0.2) is 0 Å². The molecule has 1 atom stereocenters. The van der Waals surface area contributed by atoms with Crippen LogP contribution in [0.2, 0.25) is 0 Å². The standard InChI is InChI=1S/C16H22N2S2/c1-11-8-15(12(2)20-11)16(9-17)18(13-5-6-13)10-14-4-3-7-19-14/h3-4,7-8,13,16H,5-6,9-10,17H2,1-2H3. The molecule has 2 aromatic rings. The second-order valence-corrected chi connectivity index (χ2v) is 8.10. The minimum absolute atomic E-state index is 0.370. The molecule has 1 saturated carbocycles. The van der Waals surface area contributed by atoms with E-state index in [0.29, 0.717) is 12.6 Å². The van der Waals surface area contributed by atoms with Crippen molar-refractivity contribution in [1.82, 2.24) is 4.90 Å². The van der Waals surface area contributed by atoms with Crippen LogP contribution in [0.1, 0.15) is 39.1 Å². The molecule has 0 aliphatic heterocycles. The van der Waals surface area contributed by atoms with E-state index in [-0.39, 0.29) is 0 Å². The SMILES string of the molecule is Cc1cc(C(CN)N(Cc2cccs2)C2CC2)c(C)s1. The topological polar surface area (TPSA) is 29.3 Å². The van der Waals surface area contributed by atoms with Crippen molar-refractivity contribution in [2.45, 2.75) is 45.3 Å². The molecule has 1 unspecified atom stereocenters. The first-order valence-electron chi connectivity index (χ1n) is 7.24. The Morgan fingerprint density at radius 2 is 2.20 bits per heavy atom. The summed E-state index contributed by atoms with van der Waals surface area (Å²) in [4.78, 5) is 6.89. The quantitative estimate of drug-likeness (QED) is 0.871. The Morgan fingerprint density at radius 1 is 1.40 bits per heavy atom. The number of rotatable bonds is 6.